The number of sulfonamides is 1. The van der Waals surface area contributed by atoms with Gasteiger partial charge in [-0.15, -0.1) is 11.8 Å². The zero-order valence-corrected chi connectivity index (χ0v) is 31.9. The molecule has 1 N–H and O–H groups in total. The van der Waals surface area contributed by atoms with Crippen molar-refractivity contribution < 1.29 is 22.7 Å². The molecule has 0 aromatic heterocycles. The number of rotatable bonds is 15. The van der Waals surface area contributed by atoms with Crippen LogP contribution in [0.2, 0.25) is 10.0 Å². The van der Waals surface area contributed by atoms with Gasteiger partial charge in [-0.05, 0) is 80.1 Å². The number of anilines is 1. The summed E-state index contributed by atoms with van der Waals surface area (Å²) >= 11 is 14.8. The molecule has 0 spiro atoms. The molecule has 0 heterocycles. The number of amides is 2. The smallest absolute Gasteiger partial charge is 0.264 e. The van der Waals surface area contributed by atoms with Gasteiger partial charge in [0.1, 0.15) is 18.3 Å². The minimum Gasteiger partial charge on any atom is -0.492 e. The van der Waals surface area contributed by atoms with Crippen LogP contribution in [-0.2, 0) is 32.6 Å². The minimum atomic E-state index is -4.32. The molecule has 51 heavy (non-hydrogen) atoms. The highest BCUT2D eigenvalue weighted by Gasteiger charge is 2.36. The first-order valence-corrected chi connectivity index (χ1v) is 20.5. The second-order valence-electron chi connectivity index (χ2n) is 12.4. The van der Waals surface area contributed by atoms with E-state index in [1.165, 1.54) is 28.8 Å². The molecule has 0 unspecified atom stereocenters. The summed E-state index contributed by atoms with van der Waals surface area (Å²) in [6.45, 7) is 1.33. The molecule has 1 saturated carbocycles. The van der Waals surface area contributed by atoms with Crippen LogP contribution in [0, 0.1) is 0 Å². The lowest BCUT2D eigenvalue weighted by atomic mass is 9.94. The highest BCUT2D eigenvalue weighted by atomic mass is 35.5. The quantitative estimate of drug-likeness (QED) is 0.122. The molecule has 8 nitrogen and oxygen atoms in total. The number of ether oxygens (including phenoxy) is 1. The van der Waals surface area contributed by atoms with E-state index < -0.39 is 28.5 Å². The Bertz CT molecular complexity index is 1870. The van der Waals surface area contributed by atoms with Gasteiger partial charge in [0.15, 0.2) is 0 Å². The standard InChI is InChI=1S/C39H43Cl2N3O5S2/c1-3-49-37-20-11-10-19-35(37)44(51(47,48)31-23-21-30(50-2)22-24-31)27-38(45)43(26-32-33(40)17-12-18-34(32)41)36(25-28-13-6-4-7-14-28)39(46)42-29-15-8-5-9-16-29/h4,6-7,10-14,17-24,29,36H,3,5,8-9,15-16,25-27H2,1-2H3,(H,42,46)/t36-/m0/s1. The van der Waals surface area contributed by atoms with E-state index in [4.69, 9.17) is 27.9 Å². The van der Waals surface area contributed by atoms with Crippen LogP contribution in [0.4, 0.5) is 5.69 Å². The van der Waals surface area contributed by atoms with Gasteiger partial charge in [-0.2, -0.15) is 0 Å². The molecule has 2 amide bonds. The third kappa shape index (κ3) is 9.80. The average Bonchev–Trinajstić information content (AvgIpc) is 3.14. The predicted octanol–water partition coefficient (Wildman–Crippen LogP) is 8.40. The molecule has 0 radical (unpaired) electrons. The normalized spacial score (nSPS) is 14.0. The Morgan fingerprint density at radius 3 is 2.18 bits per heavy atom. The molecule has 12 heteroatoms. The number of para-hydroxylation sites is 2. The van der Waals surface area contributed by atoms with Crippen LogP contribution in [0.3, 0.4) is 0 Å². The van der Waals surface area contributed by atoms with Crippen LogP contribution in [0.1, 0.15) is 50.2 Å². The van der Waals surface area contributed by atoms with E-state index in [-0.39, 0.29) is 42.1 Å². The zero-order chi connectivity index (χ0) is 36.4. The minimum absolute atomic E-state index is 0.0102. The number of hydrogen-bond acceptors (Lipinski definition) is 6. The molecule has 1 atom stereocenters. The van der Waals surface area contributed by atoms with Gasteiger partial charge in [0.05, 0.1) is 17.2 Å². The Kier molecular flexibility index (Phi) is 13.7. The van der Waals surface area contributed by atoms with Crippen molar-refractivity contribution in [2.45, 2.75) is 73.9 Å². The third-order valence-electron chi connectivity index (χ3n) is 8.97. The van der Waals surface area contributed by atoms with Crippen LogP contribution in [0.15, 0.2) is 107 Å². The summed E-state index contributed by atoms with van der Waals surface area (Å²) in [4.78, 5) is 31.6. The van der Waals surface area contributed by atoms with E-state index in [0.29, 0.717) is 21.4 Å². The van der Waals surface area contributed by atoms with Crippen LogP contribution in [0.25, 0.3) is 0 Å². The molecule has 270 valence electrons. The van der Waals surface area contributed by atoms with Gasteiger partial charge in [0.2, 0.25) is 11.8 Å². The van der Waals surface area contributed by atoms with Crippen molar-refractivity contribution in [3.05, 3.63) is 118 Å². The van der Waals surface area contributed by atoms with E-state index in [1.807, 2.05) is 36.6 Å². The Hall–Kier alpha value is -3.70. The number of halogens is 2. The van der Waals surface area contributed by atoms with Crippen molar-refractivity contribution in [2.75, 3.05) is 23.7 Å². The summed E-state index contributed by atoms with van der Waals surface area (Å²) in [7, 11) is -4.32. The van der Waals surface area contributed by atoms with Crippen molar-refractivity contribution in [1.29, 1.82) is 0 Å². The van der Waals surface area contributed by atoms with Gasteiger partial charge < -0.3 is 15.0 Å². The van der Waals surface area contributed by atoms with Crippen molar-refractivity contribution in [2.24, 2.45) is 0 Å². The molecule has 4 aromatic rings. The number of nitrogens with one attached hydrogen (secondary N) is 1. The molecular formula is C39H43Cl2N3O5S2. The second kappa shape index (κ2) is 18.2. The SMILES string of the molecule is CCOc1ccccc1N(CC(=O)N(Cc1c(Cl)cccc1Cl)[C@@H](Cc1ccccc1)C(=O)NC1CCCCC1)S(=O)(=O)c1ccc(SC)cc1. The van der Waals surface area contributed by atoms with Crippen LogP contribution in [-0.4, -0.2) is 56.6 Å². The fourth-order valence-corrected chi connectivity index (χ4v) is 8.63. The third-order valence-corrected chi connectivity index (χ3v) is 12.2. The first-order chi connectivity index (χ1) is 24.6. The number of nitrogens with zero attached hydrogens (tertiary/aromatic N) is 2. The number of benzene rings is 4. The number of hydrogen-bond donors (Lipinski definition) is 1. The van der Waals surface area contributed by atoms with E-state index in [9.17, 15) is 18.0 Å². The fourth-order valence-electron chi connectivity index (χ4n) is 6.28. The first kappa shape index (κ1) is 38.5. The van der Waals surface area contributed by atoms with E-state index >= 15 is 0 Å². The lowest BCUT2D eigenvalue weighted by molar-refractivity contribution is -0.140. The fraction of sp³-hybridized carbons (Fsp3) is 0.333. The molecule has 4 aromatic carbocycles. The van der Waals surface area contributed by atoms with E-state index in [1.54, 1.807) is 61.5 Å². The van der Waals surface area contributed by atoms with Crippen LogP contribution < -0.4 is 14.4 Å². The molecule has 0 saturated heterocycles. The summed E-state index contributed by atoms with van der Waals surface area (Å²) < 4.78 is 36.0. The van der Waals surface area contributed by atoms with Gasteiger partial charge in [-0.1, -0.05) is 91.0 Å². The summed E-state index contributed by atoms with van der Waals surface area (Å²) in [5.41, 5.74) is 1.49. The Morgan fingerprint density at radius 1 is 0.882 bits per heavy atom. The molecule has 0 aliphatic heterocycles. The number of thioether (sulfide) groups is 1. The highest BCUT2D eigenvalue weighted by Crippen LogP contribution is 2.34. The maximum Gasteiger partial charge on any atom is 0.264 e. The van der Waals surface area contributed by atoms with Crippen molar-refractivity contribution in [3.63, 3.8) is 0 Å². The molecular weight excluding hydrogens is 725 g/mol. The number of carbonyl (C=O) groups is 2. The lowest BCUT2D eigenvalue weighted by Crippen LogP contribution is -2.55. The monoisotopic (exact) mass is 767 g/mol. The molecule has 1 aliphatic carbocycles. The van der Waals surface area contributed by atoms with E-state index in [2.05, 4.69) is 5.32 Å². The highest BCUT2D eigenvalue weighted by molar-refractivity contribution is 7.98. The Morgan fingerprint density at radius 2 is 1.53 bits per heavy atom. The van der Waals surface area contributed by atoms with Gasteiger partial charge in [-0.3, -0.25) is 13.9 Å². The van der Waals surface area contributed by atoms with Gasteiger partial charge in [0.25, 0.3) is 10.0 Å². The average molecular weight is 769 g/mol. The van der Waals surface area contributed by atoms with Crippen molar-refractivity contribution in [1.82, 2.24) is 10.2 Å². The van der Waals surface area contributed by atoms with Crippen LogP contribution >= 0.6 is 35.0 Å². The summed E-state index contributed by atoms with van der Waals surface area (Å²) in [6, 6.07) is 26.7. The van der Waals surface area contributed by atoms with Gasteiger partial charge in [-0.25, -0.2) is 8.42 Å². The predicted molar refractivity (Wildman–Crippen MR) is 206 cm³/mol. The maximum absolute atomic E-state index is 14.9. The van der Waals surface area contributed by atoms with E-state index in [0.717, 1.165) is 46.9 Å². The molecule has 5 rings (SSSR count). The molecule has 1 fully saturated rings. The first-order valence-electron chi connectivity index (χ1n) is 17.1. The molecule has 0 bridgehead atoms. The zero-order valence-electron chi connectivity index (χ0n) is 28.8. The maximum atomic E-state index is 14.9. The van der Waals surface area contributed by atoms with Gasteiger partial charge in [0, 0.05) is 39.5 Å². The summed E-state index contributed by atoms with van der Waals surface area (Å²) in [5.74, 6) is -0.630. The molecule has 1 aliphatic rings. The Balaban J connectivity index is 1.62. The van der Waals surface area contributed by atoms with Crippen LogP contribution in [0.5, 0.6) is 5.75 Å². The largest absolute Gasteiger partial charge is 0.492 e. The Labute approximate surface area is 315 Å². The summed E-state index contributed by atoms with van der Waals surface area (Å²) in [6.07, 6.45) is 6.93. The van der Waals surface area contributed by atoms with Crippen molar-refractivity contribution in [3.8, 4) is 5.75 Å². The van der Waals surface area contributed by atoms with Crippen molar-refractivity contribution >= 4 is 62.5 Å². The topological polar surface area (TPSA) is 96.0 Å². The summed E-state index contributed by atoms with van der Waals surface area (Å²) in [5, 5.41) is 3.87. The number of carbonyl (C=O) groups excluding carboxylic acids is 2. The van der Waals surface area contributed by atoms with Gasteiger partial charge >= 0.3 is 0 Å². The lowest BCUT2D eigenvalue weighted by Gasteiger charge is -2.35. The second-order valence-corrected chi connectivity index (χ2v) is 15.9.